The SMILES string of the molecule is Cc1[nH]c2c(N3CCc4ccccc4C3)ncc(F)c2c1C.Cl. The molecule has 0 saturated carbocycles. The third-order valence-electron chi connectivity index (χ3n) is 4.69. The van der Waals surface area contributed by atoms with Gasteiger partial charge in [0.05, 0.1) is 11.7 Å². The molecule has 0 amide bonds. The molecule has 120 valence electrons. The standard InChI is InChI=1S/C18H18FN3.ClH/c1-11-12(2)21-17-16(11)15(19)9-20-18(17)22-8-7-13-5-3-4-6-14(13)10-22;/h3-6,9,21H,7-8,10H2,1-2H3;1H. The summed E-state index contributed by atoms with van der Waals surface area (Å²) in [6.07, 6.45) is 2.34. The molecule has 0 unspecified atom stereocenters. The van der Waals surface area contributed by atoms with Crippen LogP contribution < -0.4 is 4.90 Å². The van der Waals surface area contributed by atoms with E-state index in [0.29, 0.717) is 5.39 Å². The summed E-state index contributed by atoms with van der Waals surface area (Å²) in [5.41, 5.74) is 5.51. The first-order valence-corrected chi connectivity index (χ1v) is 7.60. The Balaban J connectivity index is 0.00000156. The molecule has 4 rings (SSSR count). The normalized spacial score (nSPS) is 13.8. The molecule has 3 nitrogen and oxygen atoms in total. The Bertz CT molecular complexity index is 872. The summed E-state index contributed by atoms with van der Waals surface area (Å²) in [4.78, 5) is 9.93. The van der Waals surface area contributed by atoms with Gasteiger partial charge in [-0.2, -0.15) is 0 Å². The van der Waals surface area contributed by atoms with Crippen LogP contribution in [0.2, 0.25) is 0 Å². The summed E-state index contributed by atoms with van der Waals surface area (Å²) < 4.78 is 14.1. The Labute approximate surface area is 140 Å². The smallest absolute Gasteiger partial charge is 0.153 e. The number of aryl methyl sites for hydroxylation is 2. The molecule has 0 spiro atoms. The second-order valence-corrected chi connectivity index (χ2v) is 6.00. The number of nitrogens with one attached hydrogen (secondary N) is 1. The van der Waals surface area contributed by atoms with Gasteiger partial charge in [0, 0.05) is 24.2 Å². The summed E-state index contributed by atoms with van der Waals surface area (Å²) in [6.45, 7) is 5.65. The Morgan fingerprint density at radius 2 is 1.91 bits per heavy atom. The highest BCUT2D eigenvalue weighted by Gasteiger charge is 2.22. The zero-order valence-corrected chi connectivity index (χ0v) is 14.0. The summed E-state index contributed by atoms with van der Waals surface area (Å²) in [5.74, 6) is 0.597. The molecule has 5 heteroatoms. The number of H-pyrrole nitrogens is 1. The monoisotopic (exact) mass is 331 g/mol. The molecular weight excluding hydrogens is 313 g/mol. The number of halogens is 2. The van der Waals surface area contributed by atoms with Gasteiger partial charge in [-0.3, -0.25) is 0 Å². The summed E-state index contributed by atoms with van der Waals surface area (Å²) in [5, 5.41) is 0.668. The first kappa shape index (κ1) is 15.8. The van der Waals surface area contributed by atoms with Crippen LogP contribution in [0.1, 0.15) is 22.4 Å². The molecule has 3 heterocycles. The predicted molar refractivity (Wildman–Crippen MR) is 94.0 cm³/mol. The molecule has 23 heavy (non-hydrogen) atoms. The van der Waals surface area contributed by atoms with E-state index in [9.17, 15) is 4.39 Å². The highest BCUT2D eigenvalue weighted by atomic mass is 35.5. The Morgan fingerprint density at radius 3 is 2.70 bits per heavy atom. The summed E-state index contributed by atoms with van der Waals surface area (Å²) in [6, 6.07) is 8.50. The van der Waals surface area contributed by atoms with E-state index >= 15 is 0 Å². The van der Waals surface area contributed by atoms with Crippen molar-refractivity contribution in [2.75, 3.05) is 11.4 Å². The van der Waals surface area contributed by atoms with Crippen molar-refractivity contribution in [3.05, 3.63) is 58.7 Å². The van der Waals surface area contributed by atoms with Crippen LogP contribution in [0.5, 0.6) is 0 Å². The van der Waals surface area contributed by atoms with Crippen LogP contribution in [0.3, 0.4) is 0 Å². The minimum atomic E-state index is -0.252. The van der Waals surface area contributed by atoms with Crippen molar-refractivity contribution in [3.8, 4) is 0 Å². The van der Waals surface area contributed by atoms with Gasteiger partial charge in [-0.15, -0.1) is 12.4 Å². The maximum absolute atomic E-state index is 14.1. The first-order chi connectivity index (χ1) is 10.6. The number of rotatable bonds is 1. The Morgan fingerprint density at radius 1 is 1.17 bits per heavy atom. The van der Waals surface area contributed by atoms with Crippen LogP contribution in [0.15, 0.2) is 30.5 Å². The lowest BCUT2D eigenvalue weighted by molar-refractivity contribution is 0.631. The quantitative estimate of drug-likeness (QED) is 0.720. The fourth-order valence-electron chi connectivity index (χ4n) is 3.35. The van der Waals surface area contributed by atoms with Crippen molar-refractivity contribution in [2.45, 2.75) is 26.8 Å². The van der Waals surface area contributed by atoms with Crippen LogP contribution in [-0.2, 0) is 13.0 Å². The van der Waals surface area contributed by atoms with E-state index in [4.69, 9.17) is 0 Å². The lowest BCUT2D eigenvalue weighted by Gasteiger charge is -2.30. The molecule has 0 radical (unpaired) electrons. The van der Waals surface area contributed by atoms with Gasteiger partial charge in [0.1, 0.15) is 0 Å². The molecule has 0 atom stereocenters. The number of hydrogen-bond acceptors (Lipinski definition) is 2. The molecule has 3 aromatic rings. The molecule has 0 bridgehead atoms. The van der Waals surface area contributed by atoms with Gasteiger partial charge < -0.3 is 9.88 Å². The van der Waals surface area contributed by atoms with Crippen molar-refractivity contribution >= 4 is 29.1 Å². The topological polar surface area (TPSA) is 31.9 Å². The molecule has 1 aliphatic heterocycles. The fourth-order valence-corrected chi connectivity index (χ4v) is 3.35. The number of benzene rings is 1. The lowest BCUT2D eigenvalue weighted by atomic mass is 10.00. The third kappa shape index (κ3) is 2.47. The first-order valence-electron chi connectivity index (χ1n) is 7.60. The number of nitrogens with zero attached hydrogens (tertiary/aromatic N) is 2. The van der Waals surface area contributed by atoms with Crippen LogP contribution >= 0.6 is 12.4 Å². The molecule has 2 aromatic heterocycles. The van der Waals surface area contributed by atoms with Crippen molar-refractivity contribution in [1.29, 1.82) is 0 Å². The zero-order chi connectivity index (χ0) is 15.3. The minimum Gasteiger partial charge on any atom is -0.355 e. The average molecular weight is 332 g/mol. The van der Waals surface area contributed by atoms with E-state index in [1.807, 2.05) is 13.8 Å². The summed E-state index contributed by atoms with van der Waals surface area (Å²) in [7, 11) is 0. The number of aromatic amines is 1. The van der Waals surface area contributed by atoms with Gasteiger partial charge in [-0.25, -0.2) is 9.37 Å². The largest absolute Gasteiger partial charge is 0.355 e. The molecule has 1 aliphatic rings. The molecule has 0 saturated heterocycles. The van der Waals surface area contributed by atoms with E-state index in [1.54, 1.807) is 0 Å². The minimum absolute atomic E-state index is 0. The fraction of sp³-hybridized carbons (Fsp3) is 0.278. The number of hydrogen-bond donors (Lipinski definition) is 1. The van der Waals surface area contributed by atoms with Gasteiger partial charge in [-0.1, -0.05) is 24.3 Å². The van der Waals surface area contributed by atoms with Crippen molar-refractivity contribution in [3.63, 3.8) is 0 Å². The maximum Gasteiger partial charge on any atom is 0.153 e. The predicted octanol–water partition coefficient (Wildman–Crippen LogP) is 4.30. The third-order valence-corrected chi connectivity index (χ3v) is 4.69. The number of aromatic nitrogens is 2. The van der Waals surface area contributed by atoms with Gasteiger partial charge in [0.2, 0.25) is 0 Å². The van der Waals surface area contributed by atoms with Gasteiger partial charge in [0.25, 0.3) is 0 Å². The van der Waals surface area contributed by atoms with Gasteiger partial charge in [0.15, 0.2) is 11.6 Å². The number of fused-ring (bicyclic) bond motifs is 2. The molecule has 1 aromatic carbocycles. The molecule has 1 N–H and O–H groups in total. The van der Waals surface area contributed by atoms with E-state index in [-0.39, 0.29) is 18.2 Å². The number of anilines is 1. The lowest BCUT2D eigenvalue weighted by Crippen LogP contribution is -2.31. The van der Waals surface area contributed by atoms with Crippen molar-refractivity contribution < 1.29 is 4.39 Å². The Hall–Kier alpha value is -2.07. The van der Waals surface area contributed by atoms with Crippen LogP contribution in [0, 0.1) is 19.7 Å². The van der Waals surface area contributed by atoms with Crippen LogP contribution in [0.4, 0.5) is 10.2 Å². The molecular formula is C18H19ClFN3. The second kappa shape index (κ2) is 5.85. The number of pyridine rings is 1. The van der Waals surface area contributed by atoms with E-state index < -0.39 is 0 Å². The Kier molecular flexibility index (Phi) is 4.02. The van der Waals surface area contributed by atoms with Crippen LogP contribution in [0.25, 0.3) is 10.9 Å². The van der Waals surface area contributed by atoms with Gasteiger partial charge in [-0.05, 0) is 37.0 Å². The average Bonchev–Trinajstić information content (AvgIpc) is 2.83. The van der Waals surface area contributed by atoms with Crippen molar-refractivity contribution in [1.82, 2.24) is 9.97 Å². The highest BCUT2D eigenvalue weighted by molar-refractivity contribution is 5.93. The van der Waals surface area contributed by atoms with E-state index in [1.165, 1.54) is 17.3 Å². The van der Waals surface area contributed by atoms with E-state index in [0.717, 1.165) is 42.1 Å². The van der Waals surface area contributed by atoms with Crippen LogP contribution in [-0.4, -0.2) is 16.5 Å². The highest BCUT2D eigenvalue weighted by Crippen LogP contribution is 2.32. The second-order valence-electron chi connectivity index (χ2n) is 6.00. The van der Waals surface area contributed by atoms with Gasteiger partial charge >= 0.3 is 0 Å². The summed E-state index contributed by atoms with van der Waals surface area (Å²) >= 11 is 0. The van der Waals surface area contributed by atoms with Crippen molar-refractivity contribution in [2.24, 2.45) is 0 Å². The van der Waals surface area contributed by atoms with E-state index in [2.05, 4.69) is 39.1 Å². The maximum atomic E-state index is 14.1. The molecule has 0 aliphatic carbocycles. The zero-order valence-electron chi connectivity index (χ0n) is 13.2. The molecule has 0 fully saturated rings.